The van der Waals surface area contributed by atoms with Gasteiger partial charge in [0.1, 0.15) is 6.04 Å². The van der Waals surface area contributed by atoms with Crippen LogP contribution in [0, 0.1) is 11.3 Å². The molecule has 0 spiro atoms. The van der Waals surface area contributed by atoms with Crippen molar-refractivity contribution in [1.29, 1.82) is 5.41 Å². The van der Waals surface area contributed by atoms with Gasteiger partial charge in [-0.2, -0.15) is 17.9 Å². The number of carboxylic acid groups (broad SMARTS) is 1. The van der Waals surface area contributed by atoms with Crippen molar-refractivity contribution < 1.29 is 31.5 Å². The van der Waals surface area contributed by atoms with E-state index >= 15 is 0 Å². The minimum Gasteiger partial charge on any atom is -0.480 e. The highest BCUT2D eigenvalue weighted by Gasteiger charge is 2.48. The summed E-state index contributed by atoms with van der Waals surface area (Å²) in [4.78, 5) is 10.9. The molecule has 0 aliphatic rings. The predicted octanol–water partition coefficient (Wildman–Crippen LogP) is 0.470. The van der Waals surface area contributed by atoms with Crippen molar-refractivity contribution in [3.8, 4) is 0 Å². The molecule has 0 saturated heterocycles. The molecular formula is C13H17F3N4O4S. The molecule has 0 saturated carbocycles. The van der Waals surface area contributed by atoms with E-state index in [2.05, 4.69) is 5.32 Å². The van der Waals surface area contributed by atoms with Crippen molar-refractivity contribution in [3.63, 3.8) is 0 Å². The van der Waals surface area contributed by atoms with Gasteiger partial charge in [0.15, 0.2) is 5.96 Å². The molecule has 0 fully saturated rings. The average molecular weight is 382 g/mol. The van der Waals surface area contributed by atoms with Gasteiger partial charge in [0, 0.05) is 6.54 Å². The van der Waals surface area contributed by atoms with Gasteiger partial charge in [0.25, 0.3) is 0 Å². The molecule has 1 rings (SSSR count). The van der Waals surface area contributed by atoms with Gasteiger partial charge in [-0.3, -0.25) is 10.2 Å². The molecular weight excluding hydrogens is 365 g/mol. The Kier molecular flexibility index (Phi) is 6.76. The third kappa shape index (κ3) is 6.23. The van der Waals surface area contributed by atoms with Gasteiger partial charge in [0.05, 0.1) is 10.8 Å². The summed E-state index contributed by atoms with van der Waals surface area (Å²) in [5.74, 6) is -5.07. The fraction of sp³-hybridized carbons (Fsp3) is 0.385. The highest BCUT2D eigenvalue weighted by molar-refractivity contribution is 7.89. The number of guanidine groups is 1. The first-order valence-corrected chi connectivity index (χ1v) is 8.38. The van der Waals surface area contributed by atoms with Crippen molar-refractivity contribution in [2.75, 3.05) is 6.54 Å². The molecule has 0 radical (unpaired) electrons. The molecule has 2 atom stereocenters. The largest absolute Gasteiger partial charge is 0.480 e. The molecule has 8 nitrogen and oxygen atoms in total. The van der Waals surface area contributed by atoms with Crippen molar-refractivity contribution in [2.45, 2.75) is 23.5 Å². The number of hydrogen-bond donors (Lipinski definition) is 5. The molecule has 0 aliphatic heterocycles. The zero-order valence-corrected chi connectivity index (χ0v) is 13.6. The monoisotopic (exact) mass is 382 g/mol. The van der Waals surface area contributed by atoms with Crippen LogP contribution in [0.3, 0.4) is 0 Å². The van der Waals surface area contributed by atoms with E-state index in [-0.39, 0.29) is 4.90 Å². The number of rotatable bonds is 8. The van der Waals surface area contributed by atoms with E-state index in [0.717, 1.165) is 12.1 Å². The van der Waals surface area contributed by atoms with Crippen LogP contribution in [0.4, 0.5) is 13.2 Å². The number of halogens is 3. The number of nitrogens with one attached hydrogen (secondary N) is 3. The molecule has 6 N–H and O–H groups in total. The second-order valence-electron chi connectivity index (χ2n) is 5.03. The van der Waals surface area contributed by atoms with Crippen LogP contribution < -0.4 is 15.8 Å². The zero-order chi connectivity index (χ0) is 19.3. The molecule has 0 aromatic heterocycles. The van der Waals surface area contributed by atoms with Crippen LogP contribution in [0.15, 0.2) is 35.2 Å². The lowest BCUT2D eigenvalue weighted by Crippen LogP contribution is -2.51. The second-order valence-corrected chi connectivity index (χ2v) is 6.74. The van der Waals surface area contributed by atoms with Crippen molar-refractivity contribution in [2.24, 2.45) is 11.7 Å². The molecule has 0 aliphatic carbocycles. The standard InChI is InChI=1S/C13H17F3N4O4S/c14-13(15,16)9(6-7-19-12(17)18)10(11(21)22)20-25(23,24)8-4-2-1-3-5-8/h1-5,9-10,20H,6-7H2,(H,21,22)(H4,17,18,19). The van der Waals surface area contributed by atoms with Crippen LogP contribution in [0.5, 0.6) is 0 Å². The molecule has 0 amide bonds. The van der Waals surface area contributed by atoms with E-state index in [4.69, 9.17) is 16.2 Å². The van der Waals surface area contributed by atoms with Crippen LogP contribution >= 0.6 is 0 Å². The Morgan fingerprint density at radius 2 is 1.84 bits per heavy atom. The van der Waals surface area contributed by atoms with E-state index in [1.165, 1.54) is 18.2 Å². The van der Waals surface area contributed by atoms with Gasteiger partial charge in [-0.1, -0.05) is 18.2 Å². The summed E-state index contributed by atoms with van der Waals surface area (Å²) in [7, 11) is -4.47. The normalized spacial score (nSPS) is 14.5. The molecule has 25 heavy (non-hydrogen) atoms. The van der Waals surface area contributed by atoms with Gasteiger partial charge in [-0.25, -0.2) is 8.42 Å². The number of alkyl halides is 3. The van der Waals surface area contributed by atoms with E-state index in [9.17, 15) is 26.4 Å². The number of sulfonamides is 1. The van der Waals surface area contributed by atoms with Crippen LogP contribution in [-0.2, 0) is 14.8 Å². The lowest BCUT2D eigenvalue weighted by atomic mass is 9.96. The number of hydrogen-bond acceptors (Lipinski definition) is 4. The first-order chi connectivity index (χ1) is 11.4. The van der Waals surface area contributed by atoms with Crippen LogP contribution in [0.25, 0.3) is 0 Å². The third-order valence-electron chi connectivity index (χ3n) is 3.20. The Labute approximate surface area is 141 Å². The fourth-order valence-electron chi connectivity index (χ4n) is 2.02. The lowest BCUT2D eigenvalue weighted by Gasteiger charge is -2.27. The smallest absolute Gasteiger partial charge is 0.393 e. The zero-order valence-electron chi connectivity index (χ0n) is 12.7. The van der Waals surface area contributed by atoms with Crippen molar-refractivity contribution >= 4 is 22.0 Å². The Morgan fingerprint density at radius 1 is 1.28 bits per heavy atom. The van der Waals surface area contributed by atoms with Crippen LogP contribution in [0.2, 0.25) is 0 Å². The van der Waals surface area contributed by atoms with Gasteiger partial charge in [-0.15, -0.1) is 0 Å². The third-order valence-corrected chi connectivity index (χ3v) is 4.65. The molecule has 0 heterocycles. The number of benzene rings is 1. The van der Waals surface area contributed by atoms with Crippen molar-refractivity contribution in [3.05, 3.63) is 30.3 Å². The summed E-state index contributed by atoms with van der Waals surface area (Å²) < 4.78 is 65.6. The number of nitrogens with two attached hydrogens (primary N) is 1. The minimum absolute atomic E-state index is 0.357. The Hall–Kier alpha value is -2.34. The summed E-state index contributed by atoms with van der Waals surface area (Å²) in [5.41, 5.74) is 4.96. The average Bonchev–Trinajstić information content (AvgIpc) is 2.49. The summed E-state index contributed by atoms with van der Waals surface area (Å²) in [6, 6.07) is 4.02. The fourth-order valence-corrected chi connectivity index (χ4v) is 3.27. The molecule has 140 valence electrons. The van der Waals surface area contributed by atoms with Crippen LogP contribution in [-0.4, -0.2) is 44.2 Å². The highest BCUT2D eigenvalue weighted by Crippen LogP contribution is 2.32. The number of carbonyl (C=O) groups is 1. The lowest BCUT2D eigenvalue weighted by molar-refractivity contribution is -0.189. The predicted molar refractivity (Wildman–Crippen MR) is 82.3 cm³/mol. The van der Waals surface area contributed by atoms with Gasteiger partial charge >= 0.3 is 12.1 Å². The van der Waals surface area contributed by atoms with Gasteiger partial charge in [0.2, 0.25) is 10.0 Å². The minimum atomic E-state index is -4.99. The number of aliphatic carboxylic acids is 1. The molecule has 12 heteroatoms. The SMILES string of the molecule is N=C(N)NCCC(C(NS(=O)(=O)c1ccccc1)C(=O)O)C(F)(F)F. The van der Waals surface area contributed by atoms with Gasteiger partial charge in [-0.05, 0) is 18.6 Å². The maximum absolute atomic E-state index is 13.2. The van der Waals surface area contributed by atoms with E-state index in [0.29, 0.717) is 0 Å². The van der Waals surface area contributed by atoms with E-state index < -0.39 is 53.1 Å². The quantitative estimate of drug-likeness (QED) is 0.326. The molecule has 2 unspecified atom stereocenters. The van der Waals surface area contributed by atoms with Gasteiger partial charge < -0.3 is 16.2 Å². The topological polar surface area (TPSA) is 145 Å². The first-order valence-electron chi connectivity index (χ1n) is 6.90. The van der Waals surface area contributed by atoms with Crippen molar-refractivity contribution in [1.82, 2.24) is 10.0 Å². The summed E-state index contributed by atoms with van der Waals surface area (Å²) in [5, 5.41) is 18.1. The maximum atomic E-state index is 13.2. The van der Waals surface area contributed by atoms with E-state index in [1.807, 2.05) is 0 Å². The Morgan fingerprint density at radius 3 is 2.28 bits per heavy atom. The molecule has 0 bridgehead atoms. The van der Waals surface area contributed by atoms with E-state index in [1.54, 1.807) is 4.72 Å². The summed E-state index contributed by atoms with van der Waals surface area (Å²) in [6.45, 7) is -0.448. The highest BCUT2D eigenvalue weighted by atomic mass is 32.2. The summed E-state index contributed by atoms with van der Waals surface area (Å²) >= 11 is 0. The molecule has 1 aromatic carbocycles. The maximum Gasteiger partial charge on any atom is 0.393 e. The van der Waals surface area contributed by atoms with Crippen LogP contribution in [0.1, 0.15) is 6.42 Å². The summed E-state index contributed by atoms with van der Waals surface area (Å²) in [6.07, 6.45) is -5.78. The second kappa shape index (κ2) is 8.16. The molecule has 1 aromatic rings. The Bertz CT molecular complexity index is 710. The first kappa shape index (κ1) is 20.7. The Balaban J connectivity index is 3.08. The number of carboxylic acids is 1.